The van der Waals surface area contributed by atoms with E-state index in [1.54, 1.807) is 0 Å². The number of nitrogens with zero attached hydrogens (tertiary/aromatic N) is 3. The summed E-state index contributed by atoms with van der Waals surface area (Å²) in [5, 5.41) is 3.21. The molecular weight excluding hydrogens is 642 g/mol. The predicted molar refractivity (Wildman–Crippen MR) is 211 cm³/mol. The Labute approximate surface area is 300 Å². The first kappa shape index (κ1) is 31.8. The van der Waals surface area contributed by atoms with Crippen LogP contribution in [0.25, 0.3) is 56.1 Å². The molecule has 0 aliphatic heterocycles. The van der Waals surface area contributed by atoms with Crippen molar-refractivity contribution in [2.24, 2.45) is 11.8 Å². The summed E-state index contributed by atoms with van der Waals surface area (Å²) in [7, 11) is -2.30. The van der Waals surface area contributed by atoms with Gasteiger partial charge in [-0.25, -0.2) is 15.0 Å². The summed E-state index contributed by atoms with van der Waals surface area (Å²) in [4.78, 5) is 15.2. The van der Waals surface area contributed by atoms with E-state index in [2.05, 4.69) is 115 Å². The fourth-order valence-electron chi connectivity index (χ4n) is 8.87. The molecule has 0 amide bonds. The zero-order valence-corrected chi connectivity index (χ0v) is 29.9. The Hall–Kier alpha value is -5.18. The van der Waals surface area contributed by atoms with Crippen LogP contribution in [0.1, 0.15) is 36.8 Å². The predicted octanol–water partition coefficient (Wildman–Crippen LogP) is 11.0. The van der Waals surface area contributed by atoms with Crippen molar-refractivity contribution in [2.45, 2.75) is 31.1 Å². The zero-order chi connectivity index (χ0) is 34.6. The SMILES string of the molecule is CP(C)(=O)c1ccc(-c2cccc(C3(c4ccc(-c5nc(-c6ccccc6)nc(-c6cccc7ccccc67)n5)cc4)CC4CCC3C4)c2)cc1. The van der Waals surface area contributed by atoms with Crippen LogP contribution in [0.15, 0.2) is 146 Å². The molecule has 3 atom stereocenters. The molecule has 0 spiro atoms. The maximum atomic E-state index is 12.7. The van der Waals surface area contributed by atoms with Gasteiger partial charge in [0.05, 0.1) is 0 Å². The Morgan fingerprint density at radius 2 is 1.20 bits per heavy atom. The maximum absolute atomic E-state index is 12.7. The molecule has 5 heteroatoms. The van der Waals surface area contributed by atoms with Crippen molar-refractivity contribution in [3.05, 3.63) is 157 Å². The van der Waals surface area contributed by atoms with Gasteiger partial charge in [0, 0.05) is 27.4 Å². The zero-order valence-electron chi connectivity index (χ0n) is 29.0. The van der Waals surface area contributed by atoms with Crippen LogP contribution in [0.4, 0.5) is 0 Å². The van der Waals surface area contributed by atoms with Gasteiger partial charge in [0.15, 0.2) is 17.5 Å². The molecule has 2 fully saturated rings. The molecule has 3 unspecified atom stereocenters. The van der Waals surface area contributed by atoms with Gasteiger partial charge < -0.3 is 4.57 Å². The van der Waals surface area contributed by atoms with Crippen LogP contribution < -0.4 is 5.30 Å². The molecule has 250 valence electrons. The summed E-state index contributed by atoms with van der Waals surface area (Å²) in [5.41, 5.74) is 8.04. The lowest BCUT2D eigenvalue weighted by Gasteiger charge is -2.39. The van der Waals surface area contributed by atoms with Gasteiger partial charge >= 0.3 is 0 Å². The van der Waals surface area contributed by atoms with E-state index in [1.165, 1.54) is 42.4 Å². The van der Waals surface area contributed by atoms with Crippen LogP contribution in [0.3, 0.4) is 0 Å². The Balaban J connectivity index is 1.13. The number of benzene rings is 6. The minimum absolute atomic E-state index is 0.0393. The first-order chi connectivity index (χ1) is 24.8. The summed E-state index contributed by atoms with van der Waals surface area (Å²) >= 11 is 0. The molecule has 4 nitrogen and oxygen atoms in total. The third kappa shape index (κ3) is 5.72. The van der Waals surface area contributed by atoms with E-state index in [1.807, 2.05) is 43.7 Å². The van der Waals surface area contributed by atoms with Crippen molar-refractivity contribution in [1.29, 1.82) is 0 Å². The molecule has 6 aromatic carbocycles. The Bertz CT molecular complexity index is 2430. The molecule has 2 saturated carbocycles. The molecule has 0 saturated heterocycles. The lowest BCUT2D eigenvalue weighted by molar-refractivity contribution is 0.320. The number of fused-ring (bicyclic) bond motifs is 3. The Kier molecular flexibility index (Phi) is 7.82. The summed E-state index contributed by atoms with van der Waals surface area (Å²) in [6.45, 7) is 3.67. The second-order valence-corrected chi connectivity index (χ2v) is 18.0. The smallest absolute Gasteiger partial charge is 0.164 e. The lowest BCUT2D eigenvalue weighted by atomic mass is 9.64. The van der Waals surface area contributed by atoms with Crippen molar-refractivity contribution in [1.82, 2.24) is 15.0 Å². The highest BCUT2D eigenvalue weighted by Gasteiger charge is 2.52. The summed E-state index contributed by atoms with van der Waals surface area (Å²) in [6.07, 6.45) is 5.04. The first-order valence-corrected chi connectivity index (χ1v) is 20.6. The summed E-state index contributed by atoms with van der Waals surface area (Å²) in [5.74, 6) is 3.38. The fourth-order valence-corrected chi connectivity index (χ4v) is 9.74. The highest BCUT2D eigenvalue weighted by molar-refractivity contribution is 7.70. The van der Waals surface area contributed by atoms with Gasteiger partial charge in [0.2, 0.25) is 0 Å². The van der Waals surface area contributed by atoms with E-state index in [4.69, 9.17) is 15.0 Å². The van der Waals surface area contributed by atoms with Crippen molar-refractivity contribution >= 4 is 23.2 Å². The molecule has 7 aromatic rings. The van der Waals surface area contributed by atoms with Crippen molar-refractivity contribution in [2.75, 3.05) is 13.3 Å². The second kappa shape index (κ2) is 12.5. The van der Waals surface area contributed by atoms with E-state index >= 15 is 0 Å². The standard InChI is InChI=1S/C46H40N3OP/c1-51(2,50)40-26-21-32(22-27-40)36-14-8-15-38(29-36)46(30-31-18-23-39(46)28-31)37-24-19-35(20-25-37)44-47-43(34-11-4-3-5-12-34)48-45(49-44)42-17-9-13-33-10-6-7-16-41(33)42/h3-17,19-22,24-27,29,31,39H,18,23,28,30H2,1-2H3. The summed E-state index contributed by atoms with van der Waals surface area (Å²) < 4.78 is 12.7. The minimum atomic E-state index is -2.30. The van der Waals surface area contributed by atoms with Crippen molar-refractivity contribution < 1.29 is 4.57 Å². The number of aromatic nitrogens is 3. The van der Waals surface area contributed by atoms with Gasteiger partial charge in [-0.2, -0.15) is 0 Å². The van der Waals surface area contributed by atoms with Crippen LogP contribution >= 0.6 is 7.14 Å². The Morgan fingerprint density at radius 1 is 0.569 bits per heavy atom. The number of rotatable bonds is 7. The molecular formula is C46H40N3OP. The van der Waals surface area contributed by atoms with Crippen LogP contribution in [0.2, 0.25) is 0 Å². The molecule has 0 N–H and O–H groups in total. The summed E-state index contributed by atoms with van der Waals surface area (Å²) in [6, 6.07) is 51.5. The maximum Gasteiger partial charge on any atom is 0.164 e. The quantitative estimate of drug-likeness (QED) is 0.157. The normalized spacial score (nSPS) is 19.8. The molecule has 2 bridgehead atoms. The molecule has 2 aliphatic rings. The van der Waals surface area contributed by atoms with Gasteiger partial charge in [-0.05, 0) is 77.5 Å². The third-order valence-electron chi connectivity index (χ3n) is 11.4. The van der Waals surface area contributed by atoms with E-state index < -0.39 is 7.14 Å². The van der Waals surface area contributed by atoms with Crippen LogP contribution in [0, 0.1) is 11.8 Å². The monoisotopic (exact) mass is 681 g/mol. The largest absolute Gasteiger partial charge is 0.319 e. The number of hydrogen-bond acceptors (Lipinski definition) is 4. The molecule has 2 aliphatic carbocycles. The topological polar surface area (TPSA) is 55.7 Å². The minimum Gasteiger partial charge on any atom is -0.319 e. The van der Waals surface area contributed by atoms with Crippen LogP contribution in [0.5, 0.6) is 0 Å². The van der Waals surface area contributed by atoms with E-state index in [0.29, 0.717) is 23.4 Å². The molecule has 9 rings (SSSR count). The third-order valence-corrected chi connectivity index (χ3v) is 12.9. The molecule has 1 aromatic heterocycles. The van der Waals surface area contributed by atoms with Gasteiger partial charge in [0.1, 0.15) is 7.14 Å². The van der Waals surface area contributed by atoms with Gasteiger partial charge in [0.25, 0.3) is 0 Å². The average molecular weight is 682 g/mol. The second-order valence-electron chi connectivity index (χ2n) is 14.8. The highest BCUT2D eigenvalue weighted by atomic mass is 31.2. The molecule has 51 heavy (non-hydrogen) atoms. The van der Waals surface area contributed by atoms with Crippen molar-refractivity contribution in [3.63, 3.8) is 0 Å². The molecule has 0 radical (unpaired) electrons. The highest BCUT2D eigenvalue weighted by Crippen LogP contribution is 2.60. The Morgan fingerprint density at radius 3 is 1.90 bits per heavy atom. The van der Waals surface area contributed by atoms with Crippen LogP contribution in [-0.4, -0.2) is 28.3 Å². The average Bonchev–Trinajstić information content (AvgIpc) is 3.81. The van der Waals surface area contributed by atoms with Gasteiger partial charge in [-0.3, -0.25) is 0 Å². The molecule has 1 heterocycles. The first-order valence-electron chi connectivity index (χ1n) is 18.0. The fraction of sp³-hybridized carbons (Fsp3) is 0.196. The van der Waals surface area contributed by atoms with Gasteiger partial charge in [-0.1, -0.05) is 152 Å². The van der Waals surface area contributed by atoms with Gasteiger partial charge in [-0.15, -0.1) is 0 Å². The van der Waals surface area contributed by atoms with Crippen molar-refractivity contribution in [3.8, 4) is 45.3 Å². The van der Waals surface area contributed by atoms with E-state index in [0.717, 1.165) is 44.2 Å². The van der Waals surface area contributed by atoms with Crippen LogP contribution in [-0.2, 0) is 9.98 Å². The van der Waals surface area contributed by atoms with E-state index in [9.17, 15) is 4.57 Å². The lowest BCUT2D eigenvalue weighted by Crippen LogP contribution is -2.34. The van der Waals surface area contributed by atoms with E-state index in [-0.39, 0.29) is 5.41 Å². The number of hydrogen-bond donors (Lipinski definition) is 0.